The summed E-state index contributed by atoms with van der Waals surface area (Å²) in [7, 11) is -7.36. The second kappa shape index (κ2) is 21.4. The van der Waals surface area contributed by atoms with Gasteiger partial charge in [-0.2, -0.15) is 0 Å². The smallest absolute Gasteiger partial charge is 0.179 e. The Bertz CT molecular complexity index is 2210. The highest BCUT2D eigenvalue weighted by Gasteiger charge is 2.50. The number of hydrogen-bond donors (Lipinski definition) is 4. The first-order valence-electron chi connectivity index (χ1n) is 22.9. The quantitative estimate of drug-likeness (QED) is 0.0464. The third-order valence-electron chi connectivity index (χ3n) is 13.6. The van der Waals surface area contributed by atoms with E-state index in [1.54, 1.807) is 36.4 Å². The number of aliphatic hydroxyl groups excluding tert-OH is 2. The Balaban J connectivity index is 0.970. The van der Waals surface area contributed by atoms with Gasteiger partial charge >= 0.3 is 0 Å². The Morgan fingerprint density at radius 2 is 0.906 bits per heavy atom. The van der Waals surface area contributed by atoms with Crippen LogP contribution in [0.1, 0.15) is 113 Å². The predicted molar refractivity (Wildman–Crippen MR) is 252 cm³/mol. The van der Waals surface area contributed by atoms with Crippen molar-refractivity contribution in [2.45, 2.75) is 113 Å². The van der Waals surface area contributed by atoms with Crippen LogP contribution in [0.15, 0.2) is 94.7 Å². The van der Waals surface area contributed by atoms with Crippen molar-refractivity contribution in [2.75, 3.05) is 62.6 Å². The molecule has 4 aromatic rings. The van der Waals surface area contributed by atoms with E-state index in [1.807, 2.05) is 62.4 Å². The lowest BCUT2D eigenvalue weighted by molar-refractivity contribution is 0.0173. The van der Waals surface area contributed by atoms with Gasteiger partial charge in [0, 0.05) is 34.0 Å². The molecule has 6 N–H and O–H groups in total. The number of rotatable bonds is 21. The van der Waals surface area contributed by atoms with Crippen LogP contribution in [0.4, 0.5) is 11.4 Å². The minimum Gasteiger partial charge on any atom is -0.491 e. The molecule has 64 heavy (non-hydrogen) atoms. The highest BCUT2D eigenvalue weighted by molar-refractivity contribution is 7.91. The summed E-state index contributed by atoms with van der Waals surface area (Å²) in [5.74, 6) is -0.137. The molecule has 0 aliphatic carbocycles. The van der Waals surface area contributed by atoms with E-state index in [0.717, 1.165) is 36.8 Å². The molecule has 0 unspecified atom stereocenters. The largest absolute Gasteiger partial charge is 0.491 e. The summed E-state index contributed by atoms with van der Waals surface area (Å²) in [6.07, 6.45) is 3.84. The van der Waals surface area contributed by atoms with Crippen molar-refractivity contribution in [3.63, 3.8) is 0 Å². The molecule has 0 amide bonds. The van der Waals surface area contributed by atoms with Gasteiger partial charge in [0.2, 0.25) is 0 Å². The lowest BCUT2D eigenvalue weighted by atomic mass is 9.69. The van der Waals surface area contributed by atoms with Gasteiger partial charge in [0.15, 0.2) is 19.7 Å². The third kappa shape index (κ3) is 10.9. The van der Waals surface area contributed by atoms with Crippen LogP contribution in [0.5, 0.6) is 11.5 Å². The molecule has 6 atom stereocenters. The highest BCUT2D eigenvalue weighted by atomic mass is 32.2. The Labute approximate surface area is 380 Å². The third-order valence-corrected chi connectivity index (χ3v) is 17.6. The SMILES string of the molecule is CCCC[C@]1(CC)CS(=O)(=O)c2ccc(N)cc2[C@@H](c2ccc(OCCOCCOCCOc3ccc([C@@H]4c5cc(N)ccc5S(=O)(=O)C[C@](CC)(CCCC)[C@H]4O)cc3)cc2)[C@H]1O. The monoisotopic (exact) mass is 920 g/mol. The zero-order valence-corrected chi connectivity index (χ0v) is 39.5. The van der Waals surface area contributed by atoms with Gasteiger partial charge in [-0.1, -0.05) is 77.6 Å². The van der Waals surface area contributed by atoms with Crippen molar-refractivity contribution in [3.05, 3.63) is 107 Å². The fourth-order valence-electron chi connectivity index (χ4n) is 9.82. The topological polar surface area (TPSA) is 198 Å². The molecule has 0 saturated carbocycles. The molecule has 0 bridgehead atoms. The molecule has 4 aromatic carbocycles. The Morgan fingerprint density at radius 3 is 1.25 bits per heavy atom. The fourth-order valence-corrected chi connectivity index (χ4v) is 14.3. The Kier molecular flexibility index (Phi) is 16.5. The minimum absolute atomic E-state index is 0.112. The van der Waals surface area contributed by atoms with Crippen molar-refractivity contribution in [1.82, 2.24) is 0 Å². The molecule has 350 valence electrons. The first kappa shape index (κ1) is 49.3. The van der Waals surface area contributed by atoms with Crippen molar-refractivity contribution in [2.24, 2.45) is 10.8 Å². The zero-order valence-electron chi connectivity index (χ0n) is 37.8. The fraction of sp³-hybridized carbons (Fsp3) is 0.520. The summed E-state index contributed by atoms with van der Waals surface area (Å²) >= 11 is 0. The van der Waals surface area contributed by atoms with Crippen LogP contribution >= 0.6 is 0 Å². The van der Waals surface area contributed by atoms with E-state index in [9.17, 15) is 27.0 Å². The first-order valence-corrected chi connectivity index (χ1v) is 26.2. The number of hydrogen-bond acceptors (Lipinski definition) is 12. The molecule has 0 aromatic heterocycles. The van der Waals surface area contributed by atoms with E-state index >= 15 is 0 Å². The normalized spacial score (nSPS) is 24.8. The lowest BCUT2D eigenvalue weighted by Gasteiger charge is -2.39. The number of ether oxygens (including phenoxy) is 4. The van der Waals surface area contributed by atoms with Gasteiger partial charge in [-0.25, -0.2) is 16.8 Å². The molecule has 0 radical (unpaired) electrons. The number of unbranched alkanes of at least 4 members (excludes halogenated alkanes) is 2. The second-order valence-corrected chi connectivity index (χ2v) is 21.6. The van der Waals surface area contributed by atoms with Crippen LogP contribution in [0.3, 0.4) is 0 Å². The standard InChI is InChI=1S/C50H68N2O10S2/c1-5-9-23-49(7-3)33-63(55,56)43-21-15-37(51)31-41(43)45(47(49)53)35-11-17-39(18-12-35)61-29-27-59-25-26-60-28-30-62-40-19-13-36(14-20-40)46-42-32-38(52)16-22-44(42)64(57,58)34-50(8-4,48(46)54)24-10-6-2/h11-22,31-32,45-48,53-54H,5-10,23-30,33-34,51-52H2,1-4H3/t45-,46-,47-,48+,49-,50+/m1/s1. The second-order valence-electron chi connectivity index (χ2n) is 17.7. The van der Waals surface area contributed by atoms with Crippen molar-refractivity contribution >= 4 is 31.0 Å². The maximum atomic E-state index is 13.8. The molecule has 6 rings (SSSR count). The molecule has 2 heterocycles. The molecule has 0 fully saturated rings. The molecular weight excluding hydrogens is 853 g/mol. The number of nitrogen functional groups attached to an aromatic ring is 2. The van der Waals surface area contributed by atoms with Crippen LogP contribution in [0, 0.1) is 10.8 Å². The lowest BCUT2D eigenvalue weighted by Crippen LogP contribution is -2.42. The van der Waals surface area contributed by atoms with Crippen LogP contribution in [0.25, 0.3) is 0 Å². The van der Waals surface area contributed by atoms with Gasteiger partial charge in [-0.15, -0.1) is 0 Å². The maximum absolute atomic E-state index is 13.8. The van der Waals surface area contributed by atoms with E-state index in [2.05, 4.69) is 13.8 Å². The van der Waals surface area contributed by atoms with Crippen molar-refractivity contribution in [3.8, 4) is 11.5 Å². The van der Waals surface area contributed by atoms with E-state index in [-0.39, 0.29) is 21.3 Å². The molecule has 14 heteroatoms. The van der Waals surface area contributed by atoms with Gasteiger partial charge < -0.3 is 40.6 Å². The number of sulfone groups is 2. The van der Waals surface area contributed by atoms with Gasteiger partial charge in [0.1, 0.15) is 24.7 Å². The number of nitrogens with two attached hydrogens (primary N) is 2. The van der Waals surface area contributed by atoms with Crippen LogP contribution < -0.4 is 20.9 Å². The maximum Gasteiger partial charge on any atom is 0.179 e. The van der Waals surface area contributed by atoms with Crippen LogP contribution in [-0.4, -0.2) is 90.4 Å². The number of aliphatic hydroxyl groups is 2. The van der Waals surface area contributed by atoms with Crippen LogP contribution in [0.2, 0.25) is 0 Å². The van der Waals surface area contributed by atoms with E-state index < -0.39 is 54.5 Å². The Morgan fingerprint density at radius 1 is 0.547 bits per heavy atom. The first-order chi connectivity index (χ1) is 30.6. The molecular formula is C50H68N2O10S2. The molecule has 12 nitrogen and oxygen atoms in total. The van der Waals surface area contributed by atoms with Crippen molar-refractivity contribution in [1.29, 1.82) is 0 Å². The molecule has 0 spiro atoms. The van der Waals surface area contributed by atoms with E-state index in [0.29, 0.717) is 99.3 Å². The molecule has 2 aliphatic heterocycles. The highest BCUT2D eigenvalue weighted by Crippen LogP contribution is 2.51. The summed E-state index contributed by atoms with van der Waals surface area (Å²) in [6, 6.07) is 24.6. The summed E-state index contributed by atoms with van der Waals surface area (Å²) in [6.45, 7) is 10.1. The summed E-state index contributed by atoms with van der Waals surface area (Å²) in [4.78, 5) is 0.457. The number of benzene rings is 4. The Hall–Kier alpha value is -4.18. The molecule has 2 aliphatic rings. The van der Waals surface area contributed by atoms with Gasteiger partial charge in [-0.3, -0.25) is 0 Å². The van der Waals surface area contributed by atoms with Gasteiger partial charge in [0.25, 0.3) is 0 Å². The summed E-state index contributed by atoms with van der Waals surface area (Å²) in [5, 5.41) is 24.2. The van der Waals surface area contributed by atoms with Gasteiger partial charge in [0.05, 0.1) is 59.9 Å². The summed E-state index contributed by atoms with van der Waals surface area (Å²) < 4.78 is 78.4. The van der Waals surface area contributed by atoms with E-state index in [1.165, 1.54) is 0 Å². The predicted octanol–water partition coefficient (Wildman–Crippen LogP) is 8.08. The minimum atomic E-state index is -3.68. The van der Waals surface area contributed by atoms with Crippen LogP contribution in [-0.2, 0) is 29.1 Å². The zero-order chi connectivity index (χ0) is 46.1. The van der Waals surface area contributed by atoms with Crippen molar-refractivity contribution < 1.29 is 46.0 Å². The van der Waals surface area contributed by atoms with Gasteiger partial charge in [-0.05, 0) is 109 Å². The summed E-state index contributed by atoms with van der Waals surface area (Å²) in [5.41, 5.74) is 14.3. The number of anilines is 2. The average molecular weight is 921 g/mol. The van der Waals surface area contributed by atoms with E-state index in [4.69, 9.17) is 30.4 Å². The molecule has 0 saturated heterocycles. The average Bonchev–Trinajstić information content (AvgIpc) is 3.39. The number of fused-ring (bicyclic) bond motifs is 2.